The standard InChI is InChI=1S/C29H35NO4S/c1-18-16-23(17-19(2)27(18)21-8-10-22(11-9-21)29(4,5)6)34-20(3)24-12-13-25(35-24)28(32)30-15-14-26(31)33-7/h8-13,16-17,20H,14-15H2,1-7H3,(H,30,32). The van der Waals surface area contributed by atoms with Gasteiger partial charge in [-0.25, -0.2) is 0 Å². The molecular formula is C29H35NO4S. The van der Waals surface area contributed by atoms with Gasteiger partial charge in [0, 0.05) is 11.4 Å². The third-order valence-electron chi connectivity index (χ3n) is 5.95. The lowest BCUT2D eigenvalue weighted by atomic mass is 9.85. The van der Waals surface area contributed by atoms with Crippen LogP contribution in [0.1, 0.15) is 71.5 Å². The summed E-state index contributed by atoms with van der Waals surface area (Å²) in [5, 5.41) is 2.74. The topological polar surface area (TPSA) is 64.6 Å². The molecule has 1 unspecified atom stereocenters. The Kier molecular flexibility index (Phi) is 8.39. The highest BCUT2D eigenvalue weighted by atomic mass is 32.1. The molecule has 0 saturated carbocycles. The largest absolute Gasteiger partial charge is 0.485 e. The maximum atomic E-state index is 12.4. The Bertz CT molecular complexity index is 1170. The van der Waals surface area contributed by atoms with Crippen molar-refractivity contribution in [2.45, 2.75) is 59.5 Å². The van der Waals surface area contributed by atoms with Gasteiger partial charge in [-0.3, -0.25) is 9.59 Å². The molecule has 0 aliphatic heterocycles. The van der Waals surface area contributed by atoms with Crippen molar-refractivity contribution in [2.75, 3.05) is 13.7 Å². The summed E-state index contributed by atoms with van der Waals surface area (Å²) in [5.74, 6) is 0.253. The van der Waals surface area contributed by atoms with Gasteiger partial charge in [0.05, 0.1) is 18.4 Å². The van der Waals surface area contributed by atoms with Gasteiger partial charge in [-0.1, -0.05) is 45.0 Å². The zero-order valence-corrected chi connectivity index (χ0v) is 22.5. The molecule has 3 rings (SSSR count). The number of ether oxygens (including phenoxy) is 2. The number of methoxy groups -OCH3 is 1. The van der Waals surface area contributed by atoms with Crippen molar-refractivity contribution in [2.24, 2.45) is 0 Å². The van der Waals surface area contributed by atoms with Crippen LogP contribution in [-0.2, 0) is 14.9 Å². The number of rotatable bonds is 8. The lowest BCUT2D eigenvalue weighted by molar-refractivity contribution is -0.140. The molecule has 1 heterocycles. The number of carbonyl (C=O) groups is 2. The average Bonchev–Trinajstić information content (AvgIpc) is 3.29. The Morgan fingerprint density at radius 1 is 1.00 bits per heavy atom. The minimum atomic E-state index is -0.349. The number of nitrogens with one attached hydrogen (secondary N) is 1. The van der Waals surface area contributed by atoms with Crippen LogP contribution in [0, 0.1) is 13.8 Å². The Labute approximate surface area is 212 Å². The first-order valence-electron chi connectivity index (χ1n) is 11.8. The zero-order valence-electron chi connectivity index (χ0n) is 21.7. The van der Waals surface area contributed by atoms with Crippen molar-refractivity contribution in [3.8, 4) is 16.9 Å². The first kappa shape index (κ1) is 26.5. The fraction of sp³-hybridized carbons (Fsp3) is 0.379. The number of thiophene rings is 1. The van der Waals surface area contributed by atoms with Crippen LogP contribution in [0.15, 0.2) is 48.5 Å². The van der Waals surface area contributed by atoms with Crippen molar-refractivity contribution in [3.63, 3.8) is 0 Å². The van der Waals surface area contributed by atoms with Gasteiger partial charge in [0.25, 0.3) is 5.91 Å². The van der Waals surface area contributed by atoms with Gasteiger partial charge in [-0.05, 0) is 78.3 Å². The average molecular weight is 494 g/mol. The van der Waals surface area contributed by atoms with Crippen LogP contribution < -0.4 is 10.1 Å². The lowest BCUT2D eigenvalue weighted by Crippen LogP contribution is -2.25. The first-order chi connectivity index (χ1) is 16.5. The predicted octanol–water partition coefficient (Wildman–Crippen LogP) is 6.76. The Morgan fingerprint density at radius 2 is 1.63 bits per heavy atom. The highest BCUT2D eigenvalue weighted by Gasteiger charge is 2.17. The minimum Gasteiger partial charge on any atom is -0.485 e. The van der Waals surface area contributed by atoms with Crippen LogP contribution in [-0.4, -0.2) is 25.5 Å². The van der Waals surface area contributed by atoms with E-state index in [0.717, 1.165) is 21.8 Å². The van der Waals surface area contributed by atoms with Crippen molar-refractivity contribution in [3.05, 3.63) is 75.0 Å². The summed E-state index contributed by atoms with van der Waals surface area (Å²) in [6.45, 7) is 13.1. The molecule has 0 bridgehead atoms. The van der Waals surface area contributed by atoms with Gasteiger partial charge in [-0.2, -0.15) is 0 Å². The first-order valence-corrected chi connectivity index (χ1v) is 12.6. The molecular weight excluding hydrogens is 458 g/mol. The Balaban J connectivity index is 1.69. The Morgan fingerprint density at radius 3 is 2.20 bits per heavy atom. The van der Waals surface area contributed by atoms with Gasteiger partial charge in [0.2, 0.25) is 0 Å². The molecule has 1 N–H and O–H groups in total. The number of hydrogen-bond donors (Lipinski definition) is 1. The molecule has 5 nitrogen and oxygen atoms in total. The molecule has 2 aromatic carbocycles. The summed E-state index contributed by atoms with van der Waals surface area (Å²) < 4.78 is 10.8. The molecule has 0 fully saturated rings. The van der Waals surface area contributed by atoms with Crippen molar-refractivity contribution < 1.29 is 19.1 Å². The molecule has 0 saturated heterocycles. The highest BCUT2D eigenvalue weighted by Crippen LogP contribution is 2.35. The fourth-order valence-corrected chi connectivity index (χ4v) is 4.91. The van der Waals surface area contributed by atoms with Crippen molar-refractivity contribution in [1.82, 2.24) is 5.32 Å². The summed E-state index contributed by atoms with van der Waals surface area (Å²) in [6, 6.07) is 16.7. The van der Waals surface area contributed by atoms with E-state index in [0.29, 0.717) is 4.88 Å². The molecule has 186 valence electrons. The molecule has 0 aliphatic rings. The van der Waals surface area contributed by atoms with Gasteiger partial charge in [-0.15, -0.1) is 11.3 Å². The van der Waals surface area contributed by atoms with Gasteiger partial charge >= 0.3 is 5.97 Å². The maximum Gasteiger partial charge on any atom is 0.307 e. The second-order valence-corrected chi connectivity index (χ2v) is 10.9. The highest BCUT2D eigenvalue weighted by molar-refractivity contribution is 7.14. The summed E-state index contributed by atoms with van der Waals surface area (Å²) >= 11 is 1.39. The van der Waals surface area contributed by atoms with E-state index in [1.54, 1.807) is 6.07 Å². The number of hydrogen-bond acceptors (Lipinski definition) is 5. The summed E-state index contributed by atoms with van der Waals surface area (Å²) in [4.78, 5) is 25.1. The zero-order chi connectivity index (χ0) is 25.8. The molecule has 1 aromatic heterocycles. The summed E-state index contributed by atoms with van der Waals surface area (Å²) in [5.41, 5.74) is 6.20. The van der Waals surface area contributed by atoms with E-state index in [1.807, 2.05) is 13.0 Å². The number of aryl methyl sites for hydroxylation is 2. The third-order valence-corrected chi connectivity index (χ3v) is 7.20. The number of esters is 1. The molecule has 1 amide bonds. The van der Waals surface area contributed by atoms with E-state index in [2.05, 4.69) is 81.1 Å². The van der Waals surface area contributed by atoms with Gasteiger partial charge < -0.3 is 14.8 Å². The normalized spacial score (nSPS) is 12.2. The predicted molar refractivity (Wildman–Crippen MR) is 142 cm³/mol. The number of amides is 1. The van der Waals surface area contributed by atoms with Crippen LogP contribution in [0.25, 0.3) is 11.1 Å². The molecule has 1 atom stereocenters. The SMILES string of the molecule is COC(=O)CCNC(=O)c1ccc(C(C)Oc2cc(C)c(-c3ccc(C(C)(C)C)cc3)c(C)c2)s1. The maximum absolute atomic E-state index is 12.4. The van der Waals surface area contributed by atoms with E-state index >= 15 is 0 Å². The van der Waals surface area contributed by atoms with E-state index < -0.39 is 0 Å². The van der Waals surface area contributed by atoms with Crippen LogP contribution >= 0.6 is 11.3 Å². The molecule has 0 radical (unpaired) electrons. The number of benzene rings is 2. The minimum absolute atomic E-state index is 0.127. The monoisotopic (exact) mass is 493 g/mol. The van der Waals surface area contributed by atoms with E-state index in [1.165, 1.54) is 35.1 Å². The molecule has 0 aliphatic carbocycles. The fourth-order valence-electron chi connectivity index (χ4n) is 4.01. The molecule has 6 heteroatoms. The Hall–Kier alpha value is -3.12. The van der Waals surface area contributed by atoms with Gasteiger partial charge in [0.1, 0.15) is 11.9 Å². The quantitative estimate of drug-likeness (QED) is 0.352. The number of carbonyl (C=O) groups excluding carboxylic acids is 2. The van der Waals surface area contributed by atoms with Gasteiger partial charge in [0.15, 0.2) is 0 Å². The third kappa shape index (κ3) is 6.73. The van der Waals surface area contributed by atoms with E-state index in [9.17, 15) is 9.59 Å². The van der Waals surface area contributed by atoms with Crippen molar-refractivity contribution in [1.29, 1.82) is 0 Å². The molecule has 0 spiro atoms. The summed E-state index contributed by atoms with van der Waals surface area (Å²) in [7, 11) is 1.33. The molecule has 3 aromatic rings. The lowest BCUT2D eigenvalue weighted by Gasteiger charge is -2.20. The summed E-state index contributed by atoms with van der Waals surface area (Å²) in [6.07, 6.45) is -0.0533. The van der Waals surface area contributed by atoms with Crippen molar-refractivity contribution >= 4 is 23.2 Å². The van der Waals surface area contributed by atoms with Crippen LogP contribution in [0.3, 0.4) is 0 Å². The van der Waals surface area contributed by atoms with E-state index in [-0.39, 0.29) is 36.4 Å². The van der Waals surface area contributed by atoms with Crippen LogP contribution in [0.4, 0.5) is 0 Å². The smallest absolute Gasteiger partial charge is 0.307 e. The van der Waals surface area contributed by atoms with Crippen LogP contribution in [0.5, 0.6) is 5.75 Å². The second kappa shape index (κ2) is 11.1. The molecule has 35 heavy (non-hydrogen) atoms. The van der Waals surface area contributed by atoms with Crippen LogP contribution in [0.2, 0.25) is 0 Å². The van der Waals surface area contributed by atoms with E-state index in [4.69, 9.17) is 4.74 Å². The second-order valence-electron chi connectivity index (χ2n) is 9.80.